The fourth-order valence-electron chi connectivity index (χ4n) is 0.476. The van der Waals surface area contributed by atoms with E-state index in [0.717, 1.165) is 6.42 Å². The minimum Gasteiger partial charge on any atom is -0.289 e. The molecule has 4 heteroatoms. The van der Waals surface area contributed by atoms with Gasteiger partial charge in [0.05, 0.1) is 0 Å². The van der Waals surface area contributed by atoms with Crippen molar-refractivity contribution in [3.8, 4) is 0 Å². The largest absolute Gasteiger partial charge is 0.289 e. The van der Waals surface area contributed by atoms with Gasteiger partial charge in [-0.3, -0.25) is 10.0 Å². The van der Waals surface area contributed by atoms with Crippen LogP contribution in [0.3, 0.4) is 0 Å². The van der Waals surface area contributed by atoms with Gasteiger partial charge in [-0.2, -0.15) is 0 Å². The highest BCUT2D eigenvalue weighted by molar-refractivity contribution is 5.85. The van der Waals surface area contributed by atoms with Gasteiger partial charge in [-0.05, 0) is 12.3 Å². The van der Waals surface area contributed by atoms with Gasteiger partial charge in [0.2, 0.25) is 5.91 Å². The van der Waals surface area contributed by atoms with Crippen molar-refractivity contribution in [3.05, 3.63) is 0 Å². The fraction of sp³-hybridized carbons (Fsp3) is 0.833. The van der Waals surface area contributed by atoms with Crippen molar-refractivity contribution in [3.63, 3.8) is 0 Å². The van der Waals surface area contributed by atoms with E-state index in [1.54, 1.807) is 5.48 Å². The lowest BCUT2D eigenvalue weighted by molar-refractivity contribution is -0.129. The molecule has 0 radical (unpaired) electrons. The number of hydroxylamine groups is 1. The third kappa shape index (κ3) is 7.72. The van der Waals surface area contributed by atoms with E-state index in [0.29, 0.717) is 12.3 Å². The van der Waals surface area contributed by atoms with Gasteiger partial charge in [-0.25, -0.2) is 5.48 Å². The molecule has 1 amide bonds. The molecule has 0 fully saturated rings. The van der Waals surface area contributed by atoms with Crippen LogP contribution in [0.2, 0.25) is 0 Å². The molecular weight excluding hydrogens is 154 g/mol. The van der Waals surface area contributed by atoms with Gasteiger partial charge in [0.15, 0.2) is 0 Å². The molecule has 3 nitrogen and oxygen atoms in total. The van der Waals surface area contributed by atoms with Gasteiger partial charge in [-0.15, -0.1) is 12.4 Å². The van der Waals surface area contributed by atoms with Crippen molar-refractivity contribution in [1.82, 2.24) is 5.48 Å². The van der Waals surface area contributed by atoms with Gasteiger partial charge in [0.25, 0.3) is 0 Å². The number of halogens is 1. The standard InChI is InChI=1S/C6H13NO2.ClH/c1-5(2)3-4-6(8)7-9;/h5,9H,3-4H2,1-2H3,(H,7,8);1H. The van der Waals surface area contributed by atoms with Crippen LogP contribution in [0.1, 0.15) is 26.7 Å². The molecule has 10 heavy (non-hydrogen) atoms. The molecule has 2 N–H and O–H groups in total. The Balaban J connectivity index is 0. The number of hydrogen-bond donors (Lipinski definition) is 2. The Hall–Kier alpha value is -0.280. The molecule has 0 atom stereocenters. The van der Waals surface area contributed by atoms with Crippen LogP contribution < -0.4 is 5.48 Å². The molecule has 0 aliphatic carbocycles. The van der Waals surface area contributed by atoms with Crippen LogP contribution in [0.25, 0.3) is 0 Å². The summed E-state index contributed by atoms with van der Waals surface area (Å²) in [4.78, 5) is 10.4. The molecule has 0 aliphatic rings. The maximum atomic E-state index is 10.4. The van der Waals surface area contributed by atoms with Crippen molar-refractivity contribution in [2.24, 2.45) is 5.92 Å². The Bertz CT molecular complexity index is 95.7. The third-order valence-electron chi connectivity index (χ3n) is 1.07. The summed E-state index contributed by atoms with van der Waals surface area (Å²) in [6, 6.07) is 0. The Morgan fingerprint density at radius 3 is 2.40 bits per heavy atom. The summed E-state index contributed by atoms with van der Waals surface area (Å²) in [5, 5.41) is 8.05. The van der Waals surface area contributed by atoms with Gasteiger partial charge in [-0.1, -0.05) is 13.8 Å². The number of rotatable bonds is 3. The van der Waals surface area contributed by atoms with Crippen molar-refractivity contribution in [2.45, 2.75) is 26.7 Å². The molecule has 0 saturated carbocycles. The van der Waals surface area contributed by atoms with Crippen LogP contribution in [0.4, 0.5) is 0 Å². The number of carbonyl (C=O) groups excluding carboxylic acids is 1. The minimum atomic E-state index is -0.302. The van der Waals surface area contributed by atoms with E-state index >= 15 is 0 Å². The molecule has 0 rings (SSSR count). The monoisotopic (exact) mass is 167 g/mol. The molecule has 0 bridgehead atoms. The fourth-order valence-corrected chi connectivity index (χ4v) is 0.476. The summed E-state index contributed by atoms with van der Waals surface area (Å²) in [7, 11) is 0. The maximum Gasteiger partial charge on any atom is 0.243 e. The van der Waals surface area contributed by atoms with Gasteiger partial charge in [0, 0.05) is 6.42 Å². The summed E-state index contributed by atoms with van der Waals surface area (Å²) < 4.78 is 0. The molecule has 0 unspecified atom stereocenters. The number of nitrogens with one attached hydrogen (secondary N) is 1. The van der Waals surface area contributed by atoms with Gasteiger partial charge in [0.1, 0.15) is 0 Å². The van der Waals surface area contributed by atoms with Crippen LogP contribution in [-0.4, -0.2) is 11.1 Å². The van der Waals surface area contributed by atoms with E-state index in [9.17, 15) is 4.79 Å². The van der Waals surface area contributed by atoms with E-state index < -0.39 is 0 Å². The summed E-state index contributed by atoms with van der Waals surface area (Å²) in [5.74, 6) is 0.214. The molecule has 0 saturated heterocycles. The maximum absolute atomic E-state index is 10.4. The third-order valence-corrected chi connectivity index (χ3v) is 1.07. The zero-order chi connectivity index (χ0) is 7.28. The quantitative estimate of drug-likeness (QED) is 0.493. The second kappa shape index (κ2) is 6.83. The van der Waals surface area contributed by atoms with Gasteiger partial charge < -0.3 is 0 Å². The van der Waals surface area contributed by atoms with Crippen molar-refractivity contribution < 1.29 is 10.0 Å². The topological polar surface area (TPSA) is 49.3 Å². The molecule has 0 heterocycles. The summed E-state index contributed by atoms with van der Waals surface area (Å²) in [6.45, 7) is 4.06. The average Bonchev–Trinajstić information content (AvgIpc) is 1.83. The Morgan fingerprint density at radius 2 is 2.10 bits per heavy atom. The highest BCUT2D eigenvalue weighted by Gasteiger charge is 1.99. The molecule has 62 valence electrons. The lowest BCUT2D eigenvalue weighted by Crippen LogP contribution is -2.18. The number of amides is 1. The highest BCUT2D eigenvalue weighted by Crippen LogP contribution is 2.01. The number of carbonyl (C=O) groups is 1. The predicted molar refractivity (Wildman–Crippen MR) is 41.2 cm³/mol. The first-order chi connectivity index (χ1) is 4.16. The zero-order valence-electron chi connectivity index (χ0n) is 6.26. The van der Waals surface area contributed by atoms with Crippen LogP contribution in [0.15, 0.2) is 0 Å². The molecule has 0 spiro atoms. The van der Waals surface area contributed by atoms with Gasteiger partial charge >= 0.3 is 0 Å². The first-order valence-corrected chi connectivity index (χ1v) is 3.09. The SMILES string of the molecule is CC(C)CCC(=O)NO.Cl. The summed E-state index contributed by atoms with van der Waals surface area (Å²) in [5.41, 5.74) is 1.58. The molecule has 0 aromatic carbocycles. The first-order valence-electron chi connectivity index (χ1n) is 3.09. The molecule has 0 aromatic rings. The Labute approximate surface area is 67.2 Å². The van der Waals surface area contributed by atoms with Crippen LogP contribution in [-0.2, 0) is 4.79 Å². The Morgan fingerprint density at radius 1 is 1.60 bits per heavy atom. The first kappa shape index (κ1) is 12.4. The lowest BCUT2D eigenvalue weighted by Gasteiger charge is -2.00. The van der Waals surface area contributed by atoms with E-state index in [4.69, 9.17) is 5.21 Å². The highest BCUT2D eigenvalue weighted by atomic mass is 35.5. The summed E-state index contributed by atoms with van der Waals surface area (Å²) in [6.07, 6.45) is 1.24. The van der Waals surface area contributed by atoms with Crippen LogP contribution >= 0.6 is 12.4 Å². The normalized spacial score (nSPS) is 8.80. The van der Waals surface area contributed by atoms with E-state index in [1.165, 1.54) is 0 Å². The lowest BCUT2D eigenvalue weighted by atomic mass is 10.1. The van der Waals surface area contributed by atoms with Crippen molar-refractivity contribution >= 4 is 18.3 Å². The van der Waals surface area contributed by atoms with Crippen LogP contribution in [0.5, 0.6) is 0 Å². The zero-order valence-corrected chi connectivity index (χ0v) is 7.07. The van der Waals surface area contributed by atoms with E-state index in [1.807, 2.05) is 13.8 Å². The second-order valence-electron chi connectivity index (χ2n) is 2.47. The molecule has 0 aliphatic heterocycles. The molecular formula is C6H14ClNO2. The smallest absolute Gasteiger partial charge is 0.243 e. The Kier molecular flexibility index (Phi) is 8.48. The van der Waals surface area contributed by atoms with Crippen molar-refractivity contribution in [2.75, 3.05) is 0 Å². The molecule has 0 aromatic heterocycles. The van der Waals surface area contributed by atoms with E-state index in [2.05, 4.69) is 0 Å². The average molecular weight is 168 g/mol. The van der Waals surface area contributed by atoms with Crippen molar-refractivity contribution in [1.29, 1.82) is 0 Å². The minimum absolute atomic E-state index is 0. The second-order valence-corrected chi connectivity index (χ2v) is 2.47. The van der Waals surface area contributed by atoms with E-state index in [-0.39, 0.29) is 18.3 Å². The van der Waals surface area contributed by atoms with Crippen LogP contribution in [0, 0.1) is 5.92 Å². The number of hydrogen-bond acceptors (Lipinski definition) is 2. The summed E-state index contributed by atoms with van der Waals surface area (Å²) >= 11 is 0. The predicted octanol–water partition coefficient (Wildman–Crippen LogP) is 1.35.